The molecule has 2 atom stereocenters. The van der Waals surface area contributed by atoms with Gasteiger partial charge in [-0.05, 0) is 31.9 Å². The van der Waals surface area contributed by atoms with Crippen LogP contribution in [0, 0.1) is 0 Å². The van der Waals surface area contributed by atoms with Crippen LogP contribution in [0.25, 0.3) is 0 Å². The van der Waals surface area contributed by atoms with Crippen molar-refractivity contribution in [3.63, 3.8) is 0 Å². The molecule has 4 amide bonds. The van der Waals surface area contributed by atoms with E-state index in [1.165, 1.54) is 7.11 Å². The van der Waals surface area contributed by atoms with Crippen molar-refractivity contribution >= 4 is 30.0 Å². The molecule has 39 heavy (non-hydrogen) atoms. The Bertz CT molecular complexity index is 1120. The summed E-state index contributed by atoms with van der Waals surface area (Å²) in [5, 5.41) is 9.32. The number of nitrogens with one attached hydrogen (secondary N) is 4. The zero-order valence-electron chi connectivity index (χ0n) is 22.3. The van der Waals surface area contributed by atoms with Crippen molar-refractivity contribution in [3.05, 3.63) is 71.8 Å². The van der Waals surface area contributed by atoms with Gasteiger partial charge in [-0.15, -0.1) is 0 Å². The summed E-state index contributed by atoms with van der Waals surface area (Å²) < 4.78 is 15.0. The average Bonchev–Trinajstić information content (AvgIpc) is 2.89. The van der Waals surface area contributed by atoms with E-state index in [0.717, 1.165) is 5.56 Å². The lowest BCUT2D eigenvalue weighted by atomic mass is 10.1. The van der Waals surface area contributed by atoms with Gasteiger partial charge in [-0.2, -0.15) is 0 Å². The fourth-order valence-electron chi connectivity index (χ4n) is 3.17. The first-order valence-corrected chi connectivity index (χ1v) is 12.1. The molecule has 0 saturated carbocycles. The highest BCUT2D eigenvalue weighted by Gasteiger charge is 2.29. The number of hydrogen-bond acceptors (Lipinski definition) is 8. The summed E-state index contributed by atoms with van der Waals surface area (Å²) >= 11 is 0. The van der Waals surface area contributed by atoms with Gasteiger partial charge in [-0.1, -0.05) is 60.7 Å². The van der Waals surface area contributed by atoms with Gasteiger partial charge in [-0.3, -0.25) is 14.9 Å². The Morgan fingerprint density at radius 1 is 0.795 bits per heavy atom. The minimum absolute atomic E-state index is 0.0893. The zero-order valence-corrected chi connectivity index (χ0v) is 22.3. The quantitative estimate of drug-likeness (QED) is 0.190. The monoisotopic (exact) mass is 542 g/mol. The lowest BCUT2D eigenvalue weighted by Gasteiger charge is -2.23. The molecule has 210 valence electrons. The third kappa shape index (κ3) is 12.0. The molecule has 12 heteroatoms. The first-order valence-electron chi connectivity index (χ1n) is 12.1. The molecule has 0 aliphatic rings. The molecule has 0 aromatic heterocycles. The van der Waals surface area contributed by atoms with Gasteiger partial charge in [0, 0.05) is 6.42 Å². The minimum atomic E-state index is -1.65. The molecule has 0 radical (unpaired) electrons. The van der Waals surface area contributed by atoms with E-state index in [1.54, 1.807) is 81.4 Å². The lowest BCUT2D eigenvalue weighted by Crippen LogP contribution is -2.60. The Balaban J connectivity index is 2.10. The Morgan fingerprint density at radius 3 is 1.95 bits per heavy atom. The number of alkyl carbamates (subject to hydrolysis) is 2. The van der Waals surface area contributed by atoms with Crippen LogP contribution in [-0.2, 0) is 41.6 Å². The van der Waals surface area contributed by atoms with Crippen LogP contribution in [0.4, 0.5) is 9.59 Å². The largest absolute Gasteiger partial charge is 0.467 e. The number of benzene rings is 2. The van der Waals surface area contributed by atoms with Gasteiger partial charge >= 0.3 is 18.2 Å². The average molecular weight is 543 g/mol. The summed E-state index contributed by atoms with van der Waals surface area (Å²) in [6.45, 7) is 4.33. The molecule has 2 aromatic carbocycles. The molecular formula is C27H34N4O8. The van der Waals surface area contributed by atoms with Crippen molar-refractivity contribution in [2.24, 2.45) is 0 Å². The molecule has 12 nitrogen and oxygen atoms in total. The van der Waals surface area contributed by atoms with Crippen LogP contribution in [-0.4, -0.2) is 61.4 Å². The number of ether oxygens (including phenoxy) is 3. The number of amides is 4. The van der Waals surface area contributed by atoms with Crippen LogP contribution in [0.3, 0.4) is 0 Å². The number of rotatable bonds is 11. The molecule has 2 aromatic rings. The molecule has 0 aliphatic carbocycles. The maximum absolute atomic E-state index is 13.1. The van der Waals surface area contributed by atoms with Crippen LogP contribution in [0.15, 0.2) is 60.7 Å². The van der Waals surface area contributed by atoms with Crippen molar-refractivity contribution in [2.75, 3.05) is 13.7 Å². The van der Waals surface area contributed by atoms with E-state index in [9.17, 15) is 24.0 Å². The van der Waals surface area contributed by atoms with Crippen molar-refractivity contribution in [3.8, 4) is 0 Å². The predicted octanol–water partition coefficient (Wildman–Crippen LogP) is 1.78. The predicted molar refractivity (Wildman–Crippen MR) is 140 cm³/mol. The maximum atomic E-state index is 13.1. The smallest absolute Gasteiger partial charge is 0.409 e. The highest BCUT2D eigenvalue weighted by Crippen LogP contribution is 2.07. The van der Waals surface area contributed by atoms with E-state index in [0.29, 0.717) is 5.56 Å². The standard InChI is InChI=1S/C27H34N4O8/c1-27(2,3)39-25(35)28-16-21(32)30-22(31-26(36)38-17-19-13-9-6-10-14-19)23(33)29-20(24(34)37-4)15-18-11-7-5-8-12-18/h5-14,20,22H,15-17H2,1-4H3,(H,28,35)(H,29,33)(H,30,32)(H,31,36)/t20-,22-/m0/s1. The zero-order chi connectivity index (χ0) is 28.8. The second-order valence-corrected chi connectivity index (χ2v) is 9.34. The maximum Gasteiger partial charge on any atom is 0.409 e. The third-order valence-corrected chi connectivity index (χ3v) is 4.92. The van der Waals surface area contributed by atoms with Gasteiger partial charge in [0.1, 0.15) is 24.8 Å². The number of carbonyl (C=O) groups excluding carboxylic acids is 5. The normalized spacial score (nSPS) is 12.2. The van der Waals surface area contributed by atoms with E-state index in [-0.39, 0.29) is 13.0 Å². The molecule has 0 fully saturated rings. The number of methoxy groups -OCH3 is 1. The second-order valence-electron chi connectivity index (χ2n) is 9.34. The molecule has 4 N–H and O–H groups in total. The second kappa shape index (κ2) is 15.0. The Morgan fingerprint density at radius 2 is 1.38 bits per heavy atom. The van der Waals surface area contributed by atoms with Crippen molar-refractivity contribution in [1.82, 2.24) is 21.3 Å². The van der Waals surface area contributed by atoms with E-state index in [1.807, 2.05) is 0 Å². The highest BCUT2D eigenvalue weighted by molar-refractivity contribution is 5.93. The first kappa shape index (κ1) is 30.6. The molecule has 0 bridgehead atoms. The van der Waals surface area contributed by atoms with E-state index >= 15 is 0 Å². The molecule has 0 saturated heterocycles. The SMILES string of the molecule is COC(=O)[C@H](Cc1ccccc1)NC(=O)[C@@H](NC(=O)CNC(=O)OC(C)(C)C)NC(=O)OCc1ccccc1. The Hall–Kier alpha value is -4.61. The molecule has 0 spiro atoms. The summed E-state index contributed by atoms with van der Waals surface area (Å²) in [5.74, 6) is -2.46. The number of esters is 1. The summed E-state index contributed by atoms with van der Waals surface area (Å²) in [6.07, 6.45) is -3.40. The number of hydrogen-bond donors (Lipinski definition) is 4. The topological polar surface area (TPSA) is 161 Å². The Labute approximate surface area is 226 Å². The van der Waals surface area contributed by atoms with Crippen LogP contribution >= 0.6 is 0 Å². The summed E-state index contributed by atoms with van der Waals surface area (Å²) in [6, 6.07) is 16.6. The van der Waals surface area contributed by atoms with Gasteiger partial charge in [0.05, 0.1) is 7.11 Å². The van der Waals surface area contributed by atoms with Gasteiger partial charge in [0.15, 0.2) is 6.17 Å². The molecule has 2 rings (SSSR count). The summed E-state index contributed by atoms with van der Waals surface area (Å²) in [4.78, 5) is 62.3. The van der Waals surface area contributed by atoms with Gasteiger partial charge in [-0.25, -0.2) is 14.4 Å². The summed E-state index contributed by atoms with van der Waals surface area (Å²) in [7, 11) is 1.17. The van der Waals surface area contributed by atoms with Crippen molar-refractivity contribution in [1.29, 1.82) is 0 Å². The molecule has 0 unspecified atom stereocenters. The van der Waals surface area contributed by atoms with Crippen LogP contribution in [0.5, 0.6) is 0 Å². The van der Waals surface area contributed by atoms with Gasteiger partial charge in [0.25, 0.3) is 5.91 Å². The van der Waals surface area contributed by atoms with Crippen molar-refractivity contribution in [2.45, 2.75) is 51.6 Å². The Kier molecular flexibility index (Phi) is 11.7. The molecule has 0 heterocycles. The highest BCUT2D eigenvalue weighted by atomic mass is 16.6. The van der Waals surface area contributed by atoms with E-state index in [2.05, 4.69) is 21.3 Å². The van der Waals surface area contributed by atoms with Crippen LogP contribution in [0.1, 0.15) is 31.9 Å². The van der Waals surface area contributed by atoms with Gasteiger partial charge in [0.2, 0.25) is 5.91 Å². The van der Waals surface area contributed by atoms with Crippen LogP contribution in [0.2, 0.25) is 0 Å². The first-order chi connectivity index (χ1) is 18.5. The molecular weight excluding hydrogens is 508 g/mol. The van der Waals surface area contributed by atoms with E-state index in [4.69, 9.17) is 14.2 Å². The summed E-state index contributed by atoms with van der Waals surface area (Å²) in [5.41, 5.74) is 0.660. The fraction of sp³-hybridized carbons (Fsp3) is 0.370. The van der Waals surface area contributed by atoms with Crippen molar-refractivity contribution < 1.29 is 38.2 Å². The molecule has 0 aliphatic heterocycles. The van der Waals surface area contributed by atoms with E-state index < -0.39 is 54.3 Å². The van der Waals surface area contributed by atoms with Crippen LogP contribution < -0.4 is 21.3 Å². The lowest BCUT2D eigenvalue weighted by molar-refractivity contribution is -0.145. The minimum Gasteiger partial charge on any atom is -0.467 e. The fourth-order valence-corrected chi connectivity index (χ4v) is 3.17. The number of carbonyl (C=O) groups is 5. The van der Waals surface area contributed by atoms with Gasteiger partial charge < -0.3 is 30.2 Å². The third-order valence-electron chi connectivity index (χ3n) is 4.92.